The fraction of sp³-hybridized carbons (Fsp3) is 0.438. The molecule has 1 unspecified atom stereocenters. The highest BCUT2D eigenvalue weighted by Crippen LogP contribution is 2.22. The van der Waals surface area contributed by atoms with Crippen LogP contribution in [0.25, 0.3) is 0 Å². The molecule has 23 heavy (non-hydrogen) atoms. The first-order valence-electron chi connectivity index (χ1n) is 7.81. The summed E-state index contributed by atoms with van der Waals surface area (Å²) in [5.74, 6) is 1.07. The van der Waals surface area contributed by atoms with Gasteiger partial charge in [-0.3, -0.25) is 4.79 Å². The van der Waals surface area contributed by atoms with E-state index in [1.807, 2.05) is 6.07 Å². The highest BCUT2D eigenvalue weighted by Gasteiger charge is 2.22. The number of nitrogens with one attached hydrogen (secondary N) is 1. The summed E-state index contributed by atoms with van der Waals surface area (Å²) in [6.07, 6.45) is 8.08. The Morgan fingerprint density at radius 1 is 1.30 bits per heavy atom. The van der Waals surface area contributed by atoms with E-state index < -0.39 is 0 Å². The summed E-state index contributed by atoms with van der Waals surface area (Å²) in [6.45, 7) is 1.89. The molecule has 1 atom stereocenters. The lowest BCUT2D eigenvalue weighted by atomic mass is 9.93. The van der Waals surface area contributed by atoms with Gasteiger partial charge in [-0.2, -0.15) is 0 Å². The van der Waals surface area contributed by atoms with Crippen LogP contribution in [-0.2, 0) is 6.42 Å². The maximum atomic E-state index is 11.7. The van der Waals surface area contributed by atoms with Crippen LogP contribution in [0.4, 0.5) is 5.95 Å². The van der Waals surface area contributed by atoms with Crippen LogP contribution in [0.15, 0.2) is 30.9 Å². The molecular formula is C16H20N6O. The third kappa shape index (κ3) is 3.80. The molecule has 1 saturated heterocycles. The Balaban J connectivity index is 1.67. The summed E-state index contributed by atoms with van der Waals surface area (Å²) >= 11 is 0. The second kappa shape index (κ2) is 7.13. The summed E-state index contributed by atoms with van der Waals surface area (Å²) < 4.78 is 0. The zero-order valence-electron chi connectivity index (χ0n) is 13.1. The maximum Gasteiger partial charge on any atom is 0.269 e. The van der Waals surface area contributed by atoms with Crippen molar-refractivity contribution in [1.82, 2.24) is 25.3 Å². The number of carbonyl (C=O) groups excluding carboxylic acids is 1. The molecule has 3 rings (SSSR count). The van der Waals surface area contributed by atoms with Gasteiger partial charge in [0.2, 0.25) is 5.95 Å². The Morgan fingerprint density at radius 3 is 2.91 bits per heavy atom. The van der Waals surface area contributed by atoms with E-state index in [1.54, 1.807) is 25.5 Å². The molecule has 1 aliphatic rings. The van der Waals surface area contributed by atoms with Gasteiger partial charge in [-0.05, 0) is 37.3 Å². The molecule has 2 aromatic heterocycles. The van der Waals surface area contributed by atoms with Crippen molar-refractivity contribution in [1.29, 1.82) is 0 Å². The number of amides is 1. The summed E-state index contributed by atoms with van der Waals surface area (Å²) in [5.41, 5.74) is 1.32. The monoisotopic (exact) mass is 312 g/mol. The van der Waals surface area contributed by atoms with Crippen molar-refractivity contribution in [2.45, 2.75) is 19.3 Å². The molecule has 1 N–H and O–H groups in total. The second-order valence-corrected chi connectivity index (χ2v) is 5.68. The lowest BCUT2D eigenvalue weighted by molar-refractivity contribution is 0.0958. The van der Waals surface area contributed by atoms with Gasteiger partial charge in [0, 0.05) is 38.2 Å². The van der Waals surface area contributed by atoms with E-state index in [9.17, 15) is 4.79 Å². The average Bonchev–Trinajstić information content (AvgIpc) is 2.62. The van der Waals surface area contributed by atoms with Crippen LogP contribution in [0.1, 0.15) is 29.0 Å². The Labute approximate surface area is 135 Å². The van der Waals surface area contributed by atoms with Crippen molar-refractivity contribution >= 4 is 11.9 Å². The lowest BCUT2D eigenvalue weighted by Crippen LogP contribution is -2.37. The molecule has 7 nitrogen and oxygen atoms in total. The fourth-order valence-electron chi connectivity index (χ4n) is 2.93. The largest absolute Gasteiger partial charge is 0.354 e. The van der Waals surface area contributed by atoms with E-state index >= 15 is 0 Å². The number of carbonyl (C=O) groups is 1. The normalized spacial score (nSPS) is 17.8. The molecule has 7 heteroatoms. The van der Waals surface area contributed by atoms with Gasteiger partial charge >= 0.3 is 0 Å². The third-order valence-corrected chi connectivity index (χ3v) is 4.04. The predicted molar refractivity (Wildman–Crippen MR) is 86.1 cm³/mol. The molecule has 1 amide bonds. The Kier molecular flexibility index (Phi) is 4.75. The van der Waals surface area contributed by atoms with Crippen molar-refractivity contribution < 1.29 is 4.79 Å². The minimum Gasteiger partial charge on any atom is -0.354 e. The molecule has 0 radical (unpaired) electrons. The smallest absolute Gasteiger partial charge is 0.269 e. The SMILES string of the molecule is CNC(=O)c1cc(CC2CCCN(c3ncccn3)C2)ncn1. The third-order valence-electron chi connectivity index (χ3n) is 4.04. The standard InChI is InChI=1S/C16H20N6O/c1-17-15(23)14-9-13(20-11-21-14)8-12-4-2-7-22(10-12)16-18-5-3-6-19-16/h3,5-6,9,11-12H,2,4,7-8,10H2,1H3,(H,17,23). The number of rotatable bonds is 4. The zero-order valence-corrected chi connectivity index (χ0v) is 13.1. The van der Waals surface area contributed by atoms with Crippen LogP contribution < -0.4 is 10.2 Å². The first kappa shape index (κ1) is 15.3. The van der Waals surface area contributed by atoms with Gasteiger partial charge in [0.25, 0.3) is 5.91 Å². The molecule has 0 aromatic carbocycles. The van der Waals surface area contributed by atoms with Crippen molar-refractivity contribution in [2.24, 2.45) is 5.92 Å². The van der Waals surface area contributed by atoms with E-state index in [-0.39, 0.29) is 5.91 Å². The van der Waals surface area contributed by atoms with Crippen LogP contribution in [0.3, 0.4) is 0 Å². The second-order valence-electron chi connectivity index (χ2n) is 5.68. The van der Waals surface area contributed by atoms with Crippen LogP contribution in [-0.4, -0.2) is 46.0 Å². The van der Waals surface area contributed by atoms with E-state index in [0.29, 0.717) is 11.6 Å². The van der Waals surface area contributed by atoms with Crippen LogP contribution in [0, 0.1) is 5.92 Å². The maximum absolute atomic E-state index is 11.7. The van der Waals surface area contributed by atoms with Crippen LogP contribution >= 0.6 is 0 Å². The zero-order chi connectivity index (χ0) is 16.1. The van der Waals surface area contributed by atoms with Gasteiger partial charge in [0.15, 0.2) is 0 Å². The summed E-state index contributed by atoms with van der Waals surface area (Å²) in [4.78, 5) is 30.9. The molecule has 0 spiro atoms. The lowest BCUT2D eigenvalue weighted by Gasteiger charge is -2.32. The molecular weight excluding hydrogens is 292 g/mol. The van der Waals surface area contributed by atoms with E-state index in [4.69, 9.17) is 0 Å². The number of hydrogen-bond donors (Lipinski definition) is 1. The molecule has 0 bridgehead atoms. The Morgan fingerprint density at radius 2 is 2.13 bits per heavy atom. The van der Waals surface area contributed by atoms with Gasteiger partial charge in [0.05, 0.1) is 0 Å². The van der Waals surface area contributed by atoms with Crippen LogP contribution in [0.2, 0.25) is 0 Å². The Bertz CT molecular complexity index is 663. The number of nitrogens with zero attached hydrogens (tertiary/aromatic N) is 5. The number of hydrogen-bond acceptors (Lipinski definition) is 6. The summed E-state index contributed by atoms with van der Waals surface area (Å²) in [6, 6.07) is 3.60. The first-order valence-corrected chi connectivity index (χ1v) is 7.81. The number of aromatic nitrogens is 4. The Hall–Kier alpha value is -2.57. The van der Waals surface area contributed by atoms with Crippen LogP contribution in [0.5, 0.6) is 0 Å². The van der Waals surface area contributed by atoms with E-state index in [2.05, 4.69) is 30.2 Å². The fourth-order valence-corrected chi connectivity index (χ4v) is 2.93. The van der Waals surface area contributed by atoms with Gasteiger partial charge in [-0.15, -0.1) is 0 Å². The topological polar surface area (TPSA) is 83.9 Å². The summed E-state index contributed by atoms with van der Waals surface area (Å²) in [5, 5.41) is 2.59. The minimum absolute atomic E-state index is 0.184. The van der Waals surface area contributed by atoms with E-state index in [1.165, 1.54) is 6.33 Å². The molecule has 0 saturated carbocycles. The molecule has 2 aromatic rings. The molecule has 1 aliphatic heterocycles. The number of piperidine rings is 1. The van der Waals surface area contributed by atoms with E-state index in [0.717, 1.165) is 44.0 Å². The first-order chi connectivity index (χ1) is 11.3. The van der Waals surface area contributed by atoms with Gasteiger partial charge in [-0.1, -0.05) is 0 Å². The molecule has 1 fully saturated rings. The van der Waals surface area contributed by atoms with Gasteiger partial charge in [-0.25, -0.2) is 19.9 Å². The quantitative estimate of drug-likeness (QED) is 0.909. The average molecular weight is 312 g/mol. The molecule has 3 heterocycles. The highest BCUT2D eigenvalue weighted by molar-refractivity contribution is 5.91. The van der Waals surface area contributed by atoms with Gasteiger partial charge in [0.1, 0.15) is 12.0 Å². The molecule has 0 aliphatic carbocycles. The van der Waals surface area contributed by atoms with Gasteiger partial charge < -0.3 is 10.2 Å². The minimum atomic E-state index is -0.184. The van der Waals surface area contributed by atoms with Crippen molar-refractivity contribution in [3.05, 3.63) is 42.2 Å². The van der Waals surface area contributed by atoms with Crippen molar-refractivity contribution in [3.8, 4) is 0 Å². The van der Waals surface area contributed by atoms with Crippen molar-refractivity contribution in [3.63, 3.8) is 0 Å². The highest BCUT2D eigenvalue weighted by atomic mass is 16.1. The summed E-state index contributed by atoms with van der Waals surface area (Å²) in [7, 11) is 1.60. The predicted octanol–water partition coefficient (Wildman–Crippen LogP) is 1.09. The number of anilines is 1. The van der Waals surface area contributed by atoms with Crippen molar-refractivity contribution in [2.75, 3.05) is 25.0 Å². The molecule has 120 valence electrons.